The van der Waals surface area contributed by atoms with Crippen molar-refractivity contribution in [1.82, 2.24) is 4.98 Å². The minimum absolute atomic E-state index is 0.215. The standard InChI is InChI=1S/C14H17F3N2O/c1-2-11(20)10-6-7-12(14(15,16)17)18-13(10)19-8-4-3-5-9-19/h2,6-7,11,20H,1,3-5,8-9H2. The fourth-order valence-electron chi connectivity index (χ4n) is 2.33. The summed E-state index contributed by atoms with van der Waals surface area (Å²) >= 11 is 0. The van der Waals surface area contributed by atoms with Crippen LogP contribution in [0.25, 0.3) is 0 Å². The molecular formula is C14H17F3N2O. The fraction of sp³-hybridized carbons (Fsp3) is 0.500. The number of aliphatic hydroxyl groups is 1. The van der Waals surface area contributed by atoms with Crippen LogP contribution in [-0.4, -0.2) is 23.2 Å². The molecule has 1 unspecified atom stereocenters. The van der Waals surface area contributed by atoms with Crippen molar-refractivity contribution in [3.63, 3.8) is 0 Å². The molecule has 2 heterocycles. The first-order valence-electron chi connectivity index (χ1n) is 6.57. The average Bonchev–Trinajstić information content (AvgIpc) is 2.46. The van der Waals surface area contributed by atoms with Crippen LogP contribution in [0.4, 0.5) is 19.0 Å². The number of rotatable bonds is 3. The van der Waals surface area contributed by atoms with Gasteiger partial charge in [0.05, 0.1) is 0 Å². The molecule has 0 aliphatic carbocycles. The summed E-state index contributed by atoms with van der Waals surface area (Å²) in [6.45, 7) is 4.79. The summed E-state index contributed by atoms with van der Waals surface area (Å²) in [7, 11) is 0. The van der Waals surface area contributed by atoms with Crippen LogP contribution in [0.15, 0.2) is 24.8 Å². The molecule has 1 aromatic rings. The monoisotopic (exact) mass is 286 g/mol. The van der Waals surface area contributed by atoms with Crippen LogP contribution < -0.4 is 4.90 Å². The molecule has 3 nitrogen and oxygen atoms in total. The third kappa shape index (κ3) is 3.12. The molecule has 1 saturated heterocycles. The maximum absolute atomic E-state index is 12.8. The molecule has 0 spiro atoms. The molecule has 0 aromatic carbocycles. The van der Waals surface area contributed by atoms with Gasteiger partial charge in [-0.25, -0.2) is 4.98 Å². The number of pyridine rings is 1. The number of anilines is 1. The third-order valence-electron chi connectivity index (χ3n) is 3.39. The molecule has 1 fully saturated rings. The van der Waals surface area contributed by atoms with Crippen LogP contribution in [-0.2, 0) is 6.18 Å². The van der Waals surface area contributed by atoms with Crippen molar-refractivity contribution in [2.75, 3.05) is 18.0 Å². The summed E-state index contributed by atoms with van der Waals surface area (Å²) < 4.78 is 38.4. The number of halogens is 3. The van der Waals surface area contributed by atoms with Gasteiger partial charge in [0.25, 0.3) is 0 Å². The highest BCUT2D eigenvalue weighted by Gasteiger charge is 2.34. The van der Waals surface area contributed by atoms with Gasteiger partial charge in [0.2, 0.25) is 0 Å². The lowest BCUT2D eigenvalue weighted by Crippen LogP contribution is -2.32. The Hall–Kier alpha value is -1.56. The molecular weight excluding hydrogens is 269 g/mol. The smallest absolute Gasteiger partial charge is 0.384 e. The lowest BCUT2D eigenvalue weighted by Gasteiger charge is -2.30. The highest BCUT2D eigenvalue weighted by Crippen LogP contribution is 2.33. The van der Waals surface area contributed by atoms with E-state index < -0.39 is 18.0 Å². The van der Waals surface area contributed by atoms with Crippen molar-refractivity contribution in [3.8, 4) is 0 Å². The molecule has 1 aromatic heterocycles. The lowest BCUT2D eigenvalue weighted by molar-refractivity contribution is -0.141. The van der Waals surface area contributed by atoms with E-state index in [1.807, 2.05) is 0 Å². The van der Waals surface area contributed by atoms with Gasteiger partial charge < -0.3 is 10.0 Å². The number of aromatic nitrogens is 1. The van der Waals surface area contributed by atoms with Crippen LogP contribution in [0.1, 0.15) is 36.6 Å². The molecule has 0 bridgehead atoms. The second kappa shape index (κ2) is 5.83. The molecule has 0 radical (unpaired) electrons. The van der Waals surface area contributed by atoms with Gasteiger partial charge in [0.1, 0.15) is 17.6 Å². The van der Waals surface area contributed by atoms with Crippen molar-refractivity contribution in [2.45, 2.75) is 31.5 Å². The van der Waals surface area contributed by atoms with Gasteiger partial charge >= 0.3 is 6.18 Å². The number of piperidine rings is 1. The molecule has 1 aliphatic heterocycles. The summed E-state index contributed by atoms with van der Waals surface area (Å²) in [6, 6.07) is 2.18. The molecule has 1 aliphatic rings. The Morgan fingerprint density at radius 2 is 1.90 bits per heavy atom. The van der Waals surface area contributed by atoms with E-state index in [9.17, 15) is 18.3 Å². The Balaban J connectivity index is 2.44. The van der Waals surface area contributed by atoms with Crippen LogP contribution in [0.2, 0.25) is 0 Å². The zero-order valence-corrected chi connectivity index (χ0v) is 11.0. The first-order valence-corrected chi connectivity index (χ1v) is 6.57. The number of nitrogens with zero attached hydrogens (tertiary/aromatic N) is 2. The van der Waals surface area contributed by atoms with Gasteiger partial charge in [-0.3, -0.25) is 0 Å². The van der Waals surface area contributed by atoms with Crippen LogP contribution >= 0.6 is 0 Å². The van der Waals surface area contributed by atoms with Crippen LogP contribution in [0.3, 0.4) is 0 Å². The fourth-order valence-corrected chi connectivity index (χ4v) is 2.33. The lowest BCUT2D eigenvalue weighted by atomic mass is 10.1. The topological polar surface area (TPSA) is 36.4 Å². The largest absolute Gasteiger partial charge is 0.433 e. The SMILES string of the molecule is C=CC(O)c1ccc(C(F)(F)F)nc1N1CCCCC1. The minimum atomic E-state index is -4.48. The Labute approximate surface area is 115 Å². The highest BCUT2D eigenvalue weighted by molar-refractivity contribution is 5.50. The Bertz CT molecular complexity index is 482. The maximum Gasteiger partial charge on any atom is 0.433 e. The van der Waals surface area contributed by atoms with Crippen LogP contribution in [0.5, 0.6) is 0 Å². The van der Waals surface area contributed by atoms with Gasteiger partial charge in [-0.1, -0.05) is 12.1 Å². The second-order valence-electron chi connectivity index (χ2n) is 4.84. The minimum Gasteiger partial charge on any atom is -0.384 e. The van der Waals surface area contributed by atoms with Crippen molar-refractivity contribution in [2.24, 2.45) is 0 Å². The molecule has 20 heavy (non-hydrogen) atoms. The summed E-state index contributed by atoms with van der Waals surface area (Å²) in [5.74, 6) is 0.215. The Kier molecular flexibility index (Phi) is 4.32. The summed E-state index contributed by atoms with van der Waals surface area (Å²) in [4.78, 5) is 5.54. The highest BCUT2D eigenvalue weighted by atomic mass is 19.4. The van der Waals surface area contributed by atoms with E-state index in [1.54, 1.807) is 4.90 Å². The van der Waals surface area contributed by atoms with Crippen molar-refractivity contribution >= 4 is 5.82 Å². The van der Waals surface area contributed by atoms with E-state index in [0.717, 1.165) is 25.3 Å². The number of hydrogen-bond acceptors (Lipinski definition) is 3. The predicted octanol–water partition coefficient (Wildman–Crippen LogP) is 3.31. The molecule has 0 amide bonds. The Morgan fingerprint density at radius 3 is 2.45 bits per heavy atom. The second-order valence-corrected chi connectivity index (χ2v) is 4.84. The van der Waals surface area contributed by atoms with Gasteiger partial charge in [0, 0.05) is 18.7 Å². The number of hydrogen-bond donors (Lipinski definition) is 1. The normalized spacial score (nSPS) is 17.9. The predicted molar refractivity (Wildman–Crippen MR) is 70.5 cm³/mol. The van der Waals surface area contributed by atoms with Gasteiger partial charge in [-0.15, -0.1) is 6.58 Å². The van der Waals surface area contributed by atoms with Crippen LogP contribution in [0, 0.1) is 0 Å². The molecule has 1 N–H and O–H groups in total. The molecule has 0 saturated carbocycles. The quantitative estimate of drug-likeness (QED) is 0.866. The van der Waals surface area contributed by atoms with E-state index in [4.69, 9.17) is 0 Å². The van der Waals surface area contributed by atoms with Gasteiger partial charge in [-0.05, 0) is 25.3 Å². The number of aliphatic hydroxyl groups excluding tert-OH is 1. The maximum atomic E-state index is 12.8. The number of alkyl halides is 3. The van der Waals surface area contributed by atoms with Crippen molar-refractivity contribution in [3.05, 3.63) is 36.0 Å². The van der Waals surface area contributed by atoms with Gasteiger partial charge in [0.15, 0.2) is 0 Å². The summed E-state index contributed by atoms with van der Waals surface area (Å²) in [5.41, 5.74) is -0.562. The Morgan fingerprint density at radius 1 is 1.25 bits per heavy atom. The molecule has 110 valence electrons. The first kappa shape index (κ1) is 14.8. The summed E-state index contributed by atoms with van der Waals surface area (Å²) in [6.07, 6.45) is -1.31. The van der Waals surface area contributed by atoms with Gasteiger partial charge in [-0.2, -0.15) is 13.2 Å². The molecule has 6 heteroatoms. The zero-order chi connectivity index (χ0) is 14.8. The van der Waals surface area contributed by atoms with Crippen molar-refractivity contribution < 1.29 is 18.3 Å². The van der Waals surface area contributed by atoms with E-state index in [1.165, 1.54) is 12.1 Å². The van der Waals surface area contributed by atoms with E-state index in [0.29, 0.717) is 18.7 Å². The third-order valence-corrected chi connectivity index (χ3v) is 3.39. The molecule has 2 rings (SSSR count). The van der Waals surface area contributed by atoms with E-state index in [-0.39, 0.29) is 5.82 Å². The zero-order valence-electron chi connectivity index (χ0n) is 11.0. The van der Waals surface area contributed by atoms with E-state index >= 15 is 0 Å². The average molecular weight is 286 g/mol. The van der Waals surface area contributed by atoms with Crippen molar-refractivity contribution in [1.29, 1.82) is 0 Å². The first-order chi connectivity index (χ1) is 9.43. The van der Waals surface area contributed by atoms with E-state index in [2.05, 4.69) is 11.6 Å². The molecule has 1 atom stereocenters. The summed E-state index contributed by atoms with van der Waals surface area (Å²) in [5, 5.41) is 9.87.